The van der Waals surface area contributed by atoms with Gasteiger partial charge in [0, 0.05) is 24.5 Å². The van der Waals surface area contributed by atoms with E-state index in [0.717, 1.165) is 18.5 Å². The fourth-order valence-corrected chi connectivity index (χ4v) is 3.74. The van der Waals surface area contributed by atoms with E-state index in [1.54, 1.807) is 0 Å². The molecule has 0 radical (unpaired) electrons. The van der Waals surface area contributed by atoms with Crippen LogP contribution in [0.5, 0.6) is 0 Å². The van der Waals surface area contributed by atoms with Gasteiger partial charge >= 0.3 is 0 Å². The average molecular weight is 288 g/mol. The van der Waals surface area contributed by atoms with Crippen LogP contribution in [0.3, 0.4) is 0 Å². The zero-order valence-electron chi connectivity index (χ0n) is 13.2. The molecule has 0 aromatic carbocycles. The van der Waals surface area contributed by atoms with Crippen molar-refractivity contribution in [1.82, 2.24) is 10.2 Å². The van der Waals surface area contributed by atoms with E-state index in [4.69, 9.17) is 4.42 Å². The number of rotatable bonds is 6. The Kier molecular flexibility index (Phi) is 3.80. The summed E-state index contributed by atoms with van der Waals surface area (Å²) >= 11 is 0. The van der Waals surface area contributed by atoms with Crippen LogP contribution in [0.25, 0.3) is 0 Å². The first kappa shape index (κ1) is 13.8. The van der Waals surface area contributed by atoms with E-state index in [1.807, 2.05) is 0 Å². The third kappa shape index (κ3) is 3.35. The highest BCUT2D eigenvalue weighted by Gasteiger charge is 2.37. The molecule has 1 aromatic heterocycles. The van der Waals surface area contributed by atoms with Crippen molar-refractivity contribution < 1.29 is 4.42 Å². The largest absolute Gasteiger partial charge is 0.464 e. The van der Waals surface area contributed by atoms with E-state index in [-0.39, 0.29) is 0 Å². The predicted octanol–water partition coefficient (Wildman–Crippen LogP) is 3.51. The molecule has 0 amide bonds. The summed E-state index contributed by atoms with van der Waals surface area (Å²) in [6.45, 7) is 5.72. The molecule has 1 N–H and O–H groups in total. The minimum absolute atomic E-state index is 0.692. The molecule has 3 unspecified atom stereocenters. The number of furan rings is 1. The van der Waals surface area contributed by atoms with Gasteiger partial charge in [-0.3, -0.25) is 4.90 Å². The van der Waals surface area contributed by atoms with Crippen LogP contribution in [0.2, 0.25) is 0 Å². The van der Waals surface area contributed by atoms with Crippen LogP contribution < -0.4 is 5.32 Å². The Balaban J connectivity index is 1.36. The van der Waals surface area contributed by atoms with Gasteiger partial charge in [-0.1, -0.05) is 13.3 Å². The zero-order chi connectivity index (χ0) is 14.2. The standard InChI is InChI=1S/C18H28N2O/c1-13-10-17(13)18-8-7-16(21-18)12-20(15-5-6-15)11-14-4-2-3-9-19-14/h7-8,13-15,17,19H,2-6,9-12H2,1H3. The molecule has 116 valence electrons. The van der Waals surface area contributed by atoms with Gasteiger partial charge in [-0.15, -0.1) is 0 Å². The van der Waals surface area contributed by atoms with Crippen molar-refractivity contribution in [2.45, 2.75) is 70.0 Å². The van der Waals surface area contributed by atoms with Gasteiger partial charge in [-0.25, -0.2) is 0 Å². The Bertz CT molecular complexity index is 473. The summed E-state index contributed by atoms with van der Waals surface area (Å²) in [7, 11) is 0. The number of hydrogen-bond acceptors (Lipinski definition) is 3. The third-order valence-corrected chi connectivity index (χ3v) is 5.45. The Morgan fingerprint density at radius 3 is 2.76 bits per heavy atom. The molecule has 3 heteroatoms. The molecule has 3 aliphatic rings. The molecule has 4 rings (SSSR count). The van der Waals surface area contributed by atoms with Crippen LogP contribution in [0, 0.1) is 5.92 Å². The van der Waals surface area contributed by atoms with Crippen molar-refractivity contribution in [2.75, 3.05) is 13.1 Å². The fourth-order valence-electron chi connectivity index (χ4n) is 3.74. The minimum Gasteiger partial charge on any atom is -0.464 e. The summed E-state index contributed by atoms with van der Waals surface area (Å²) in [6.07, 6.45) is 8.14. The van der Waals surface area contributed by atoms with Crippen molar-refractivity contribution in [3.8, 4) is 0 Å². The molecule has 1 aromatic rings. The van der Waals surface area contributed by atoms with Crippen molar-refractivity contribution >= 4 is 0 Å². The maximum atomic E-state index is 6.11. The summed E-state index contributed by atoms with van der Waals surface area (Å²) in [5.41, 5.74) is 0. The molecule has 2 heterocycles. The molecule has 3 atom stereocenters. The van der Waals surface area contributed by atoms with Gasteiger partial charge in [-0.05, 0) is 56.7 Å². The van der Waals surface area contributed by atoms with Crippen LogP contribution in [0.1, 0.15) is 62.9 Å². The average Bonchev–Trinajstić information content (AvgIpc) is 3.41. The summed E-state index contributed by atoms with van der Waals surface area (Å²) in [5.74, 6) is 3.93. The van der Waals surface area contributed by atoms with Crippen molar-refractivity contribution in [1.29, 1.82) is 0 Å². The van der Waals surface area contributed by atoms with E-state index in [2.05, 4.69) is 29.3 Å². The Hall–Kier alpha value is -0.800. The second-order valence-electron chi connectivity index (χ2n) is 7.43. The zero-order valence-corrected chi connectivity index (χ0v) is 13.2. The molecule has 1 aliphatic heterocycles. The molecular weight excluding hydrogens is 260 g/mol. The molecule has 3 nitrogen and oxygen atoms in total. The summed E-state index contributed by atoms with van der Waals surface area (Å²) < 4.78 is 6.11. The van der Waals surface area contributed by atoms with E-state index >= 15 is 0 Å². The maximum Gasteiger partial charge on any atom is 0.118 e. The van der Waals surface area contributed by atoms with Crippen LogP contribution in [0.15, 0.2) is 16.5 Å². The van der Waals surface area contributed by atoms with Crippen molar-refractivity contribution in [3.63, 3.8) is 0 Å². The minimum atomic E-state index is 0.692. The first-order valence-electron chi connectivity index (χ1n) is 8.85. The van der Waals surface area contributed by atoms with Crippen molar-refractivity contribution in [2.24, 2.45) is 5.92 Å². The van der Waals surface area contributed by atoms with Gasteiger partial charge in [0.1, 0.15) is 11.5 Å². The van der Waals surface area contributed by atoms with E-state index in [9.17, 15) is 0 Å². The Morgan fingerprint density at radius 2 is 2.10 bits per heavy atom. The van der Waals surface area contributed by atoms with Gasteiger partial charge in [0.15, 0.2) is 0 Å². The smallest absolute Gasteiger partial charge is 0.118 e. The highest BCUT2D eigenvalue weighted by Crippen LogP contribution is 2.47. The first-order chi connectivity index (χ1) is 10.3. The Morgan fingerprint density at radius 1 is 1.24 bits per heavy atom. The molecule has 1 saturated heterocycles. The molecule has 3 fully saturated rings. The van der Waals surface area contributed by atoms with E-state index in [0.29, 0.717) is 12.0 Å². The van der Waals surface area contributed by atoms with Gasteiger partial charge in [0.05, 0.1) is 6.54 Å². The molecular formula is C18H28N2O. The second-order valence-corrected chi connectivity index (χ2v) is 7.43. The molecule has 2 saturated carbocycles. The first-order valence-corrected chi connectivity index (χ1v) is 8.85. The van der Waals surface area contributed by atoms with Gasteiger partial charge in [0.2, 0.25) is 0 Å². The number of piperidine rings is 1. The summed E-state index contributed by atoms with van der Waals surface area (Å²) in [5, 5.41) is 3.68. The van der Waals surface area contributed by atoms with Crippen LogP contribution in [-0.4, -0.2) is 30.1 Å². The maximum absolute atomic E-state index is 6.11. The monoisotopic (exact) mass is 288 g/mol. The normalized spacial score (nSPS) is 32.6. The number of hydrogen-bond donors (Lipinski definition) is 1. The summed E-state index contributed by atoms with van der Waals surface area (Å²) in [4.78, 5) is 2.65. The number of nitrogens with zero attached hydrogens (tertiary/aromatic N) is 1. The van der Waals surface area contributed by atoms with Crippen LogP contribution >= 0.6 is 0 Å². The van der Waals surface area contributed by atoms with Gasteiger partial charge in [-0.2, -0.15) is 0 Å². The predicted molar refractivity (Wildman–Crippen MR) is 84.3 cm³/mol. The van der Waals surface area contributed by atoms with E-state index in [1.165, 1.54) is 63.1 Å². The lowest BCUT2D eigenvalue weighted by Gasteiger charge is -2.30. The molecule has 2 aliphatic carbocycles. The Labute approximate surface area is 128 Å². The van der Waals surface area contributed by atoms with Gasteiger partial charge < -0.3 is 9.73 Å². The lowest BCUT2D eigenvalue weighted by Crippen LogP contribution is -2.44. The van der Waals surface area contributed by atoms with Gasteiger partial charge in [0.25, 0.3) is 0 Å². The highest BCUT2D eigenvalue weighted by molar-refractivity contribution is 5.17. The quantitative estimate of drug-likeness (QED) is 0.868. The molecule has 21 heavy (non-hydrogen) atoms. The lowest BCUT2D eigenvalue weighted by molar-refractivity contribution is 0.193. The topological polar surface area (TPSA) is 28.4 Å². The SMILES string of the molecule is CC1CC1c1ccc(CN(CC2CCCCN2)C2CC2)o1. The third-order valence-electron chi connectivity index (χ3n) is 5.45. The molecule has 0 bridgehead atoms. The van der Waals surface area contributed by atoms with Crippen molar-refractivity contribution in [3.05, 3.63) is 23.7 Å². The fraction of sp³-hybridized carbons (Fsp3) is 0.778. The highest BCUT2D eigenvalue weighted by atomic mass is 16.3. The van der Waals surface area contributed by atoms with E-state index < -0.39 is 0 Å². The molecule has 0 spiro atoms. The van der Waals surface area contributed by atoms with Crippen LogP contribution in [0.4, 0.5) is 0 Å². The van der Waals surface area contributed by atoms with Crippen LogP contribution in [-0.2, 0) is 6.54 Å². The second kappa shape index (κ2) is 5.77. The number of nitrogens with one attached hydrogen (secondary N) is 1. The summed E-state index contributed by atoms with van der Waals surface area (Å²) in [6, 6.07) is 5.93. The lowest BCUT2D eigenvalue weighted by atomic mass is 10.0.